The second kappa shape index (κ2) is 4.88. The maximum Gasteiger partial charge on any atom is 0.336 e. The average molecular weight is 348 g/mol. The summed E-state index contributed by atoms with van der Waals surface area (Å²) >= 11 is 3.21. The van der Waals surface area contributed by atoms with Gasteiger partial charge >= 0.3 is 5.97 Å². The van der Waals surface area contributed by atoms with E-state index in [1.807, 2.05) is 0 Å². The maximum absolute atomic E-state index is 12.4. The van der Waals surface area contributed by atoms with Crippen LogP contribution in [0.5, 0.6) is 0 Å². The van der Waals surface area contributed by atoms with Crippen molar-refractivity contribution in [1.29, 1.82) is 0 Å². The summed E-state index contributed by atoms with van der Waals surface area (Å²) in [5, 5.41) is 9.11. The van der Waals surface area contributed by atoms with Crippen LogP contribution < -0.4 is 0 Å². The molecule has 0 bridgehead atoms. The lowest BCUT2D eigenvalue weighted by atomic mass is 10.1. The molecule has 1 aliphatic carbocycles. The minimum atomic E-state index is -3.63. The zero-order chi connectivity index (χ0) is 14.4. The molecule has 0 amide bonds. The maximum atomic E-state index is 12.4. The Kier molecular flexibility index (Phi) is 3.72. The number of hydrogen-bond acceptors (Lipinski definition) is 3. The van der Waals surface area contributed by atoms with E-state index in [-0.39, 0.29) is 16.5 Å². The smallest absolute Gasteiger partial charge is 0.336 e. The lowest BCUT2D eigenvalue weighted by molar-refractivity contribution is 0.0695. The third kappa shape index (κ3) is 2.68. The highest BCUT2D eigenvalue weighted by Gasteiger charge is 2.35. The lowest BCUT2D eigenvalue weighted by Crippen LogP contribution is -2.29. The molecule has 7 heteroatoms. The van der Waals surface area contributed by atoms with E-state index in [9.17, 15) is 13.2 Å². The first-order valence-corrected chi connectivity index (χ1v) is 8.00. The molecule has 0 heterocycles. The fraction of sp³-hybridized carbons (Fsp3) is 0.417. The van der Waals surface area contributed by atoms with Crippen molar-refractivity contribution in [2.45, 2.75) is 30.7 Å². The summed E-state index contributed by atoms with van der Waals surface area (Å²) in [4.78, 5) is 11.2. The van der Waals surface area contributed by atoms with Crippen LogP contribution >= 0.6 is 15.9 Å². The van der Waals surface area contributed by atoms with Gasteiger partial charge in [0.25, 0.3) is 0 Å². The van der Waals surface area contributed by atoms with E-state index in [4.69, 9.17) is 5.11 Å². The van der Waals surface area contributed by atoms with Gasteiger partial charge in [0.05, 0.1) is 10.5 Å². The molecule has 0 aliphatic heterocycles. The zero-order valence-corrected chi connectivity index (χ0v) is 13.0. The SMILES string of the molecule is Cc1c(Br)cc(S(=O)(=O)N(C)C2CC2)cc1C(=O)O. The van der Waals surface area contributed by atoms with Gasteiger partial charge in [0.2, 0.25) is 10.0 Å². The van der Waals surface area contributed by atoms with Crippen LogP contribution in [0.2, 0.25) is 0 Å². The molecule has 2 rings (SSSR count). The van der Waals surface area contributed by atoms with Gasteiger partial charge in [0.15, 0.2) is 0 Å². The highest BCUT2D eigenvalue weighted by atomic mass is 79.9. The van der Waals surface area contributed by atoms with Crippen molar-refractivity contribution in [3.05, 3.63) is 27.7 Å². The molecule has 0 aromatic heterocycles. The second-order valence-electron chi connectivity index (χ2n) is 4.64. The predicted molar refractivity (Wildman–Crippen MR) is 73.8 cm³/mol. The van der Waals surface area contributed by atoms with Crippen LogP contribution in [0.15, 0.2) is 21.5 Å². The van der Waals surface area contributed by atoms with Crippen LogP contribution in [0, 0.1) is 6.92 Å². The van der Waals surface area contributed by atoms with Crippen molar-refractivity contribution in [2.75, 3.05) is 7.05 Å². The number of carboxylic acids is 1. The van der Waals surface area contributed by atoms with Crippen LogP contribution in [0.4, 0.5) is 0 Å². The molecular weight excluding hydrogens is 334 g/mol. The lowest BCUT2D eigenvalue weighted by Gasteiger charge is -2.17. The molecular formula is C12H14BrNO4S. The molecule has 1 aliphatic rings. The summed E-state index contributed by atoms with van der Waals surface area (Å²) in [6, 6.07) is 2.71. The summed E-state index contributed by atoms with van der Waals surface area (Å²) in [7, 11) is -2.10. The van der Waals surface area contributed by atoms with Gasteiger partial charge in [-0.1, -0.05) is 15.9 Å². The molecule has 19 heavy (non-hydrogen) atoms. The molecule has 0 radical (unpaired) electrons. The third-order valence-corrected chi connectivity index (χ3v) is 6.00. The van der Waals surface area contributed by atoms with Gasteiger partial charge in [0.1, 0.15) is 0 Å². The molecule has 1 N–H and O–H groups in total. The first kappa shape index (κ1) is 14.5. The van der Waals surface area contributed by atoms with E-state index in [0.29, 0.717) is 10.0 Å². The highest BCUT2D eigenvalue weighted by Crippen LogP contribution is 2.32. The number of sulfonamides is 1. The number of hydrogen-bond donors (Lipinski definition) is 1. The number of carbonyl (C=O) groups is 1. The summed E-state index contributed by atoms with van der Waals surface area (Å²) in [6.45, 7) is 1.63. The molecule has 1 saturated carbocycles. The first-order valence-electron chi connectivity index (χ1n) is 5.76. The van der Waals surface area contributed by atoms with Gasteiger partial charge in [-0.2, -0.15) is 4.31 Å². The van der Waals surface area contributed by atoms with E-state index in [1.54, 1.807) is 6.92 Å². The van der Waals surface area contributed by atoms with Crippen LogP contribution in [0.1, 0.15) is 28.8 Å². The summed E-state index contributed by atoms with van der Waals surface area (Å²) in [5.41, 5.74) is 0.512. The Morgan fingerprint density at radius 2 is 2.00 bits per heavy atom. The largest absolute Gasteiger partial charge is 0.478 e. The summed E-state index contributed by atoms with van der Waals surface area (Å²) in [6.07, 6.45) is 1.71. The number of rotatable bonds is 4. The Hall–Kier alpha value is -0.920. The Labute approximate surface area is 120 Å². The Bertz CT molecular complexity index is 637. The highest BCUT2D eigenvalue weighted by molar-refractivity contribution is 9.10. The number of benzene rings is 1. The molecule has 0 spiro atoms. The van der Waals surface area contributed by atoms with Gasteiger partial charge in [-0.05, 0) is 37.5 Å². The van der Waals surface area contributed by atoms with E-state index < -0.39 is 16.0 Å². The summed E-state index contributed by atoms with van der Waals surface area (Å²) in [5.74, 6) is -1.13. The number of carboxylic acid groups (broad SMARTS) is 1. The normalized spacial score (nSPS) is 15.8. The molecule has 104 valence electrons. The van der Waals surface area contributed by atoms with Crippen molar-refractivity contribution < 1.29 is 18.3 Å². The number of aromatic carboxylic acids is 1. The molecule has 1 aromatic carbocycles. The second-order valence-corrected chi connectivity index (χ2v) is 7.49. The molecule has 0 atom stereocenters. The fourth-order valence-corrected chi connectivity index (χ4v) is 3.91. The van der Waals surface area contributed by atoms with Crippen LogP contribution in [0.25, 0.3) is 0 Å². The van der Waals surface area contributed by atoms with Crippen molar-refractivity contribution >= 4 is 31.9 Å². The summed E-state index contributed by atoms with van der Waals surface area (Å²) < 4.78 is 26.5. The molecule has 0 unspecified atom stereocenters. The van der Waals surface area contributed by atoms with Crippen molar-refractivity contribution in [1.82, 2.24) is 4.31 Å². The van der Waals surface area contributed by atoms with Crippen molar-refractivity contribution in [3.63, 3.8) is 0 Å². The zero-order valence-electron chi connectivity index (χ0n) is 10.6. The first-order chi connectivity index (χ1) is 8.75. The Balaban J connectivity index is 2.53. The van der Waals surface area contributed by atoms with Crippen LogP contribution in [-0.4, -0.2) is 36.9 Å². The van der Waals surface area contributed by atoms with E-state index in [2.05, 4.69) is 15.9 Å². The number of halogens is 1. The fourth-order valence-electron chi connectivity index (χ4n) is 1.83. The quantitative estimate of drug-likeness (QED) is 0.906. The van der Waals surface area contributed by atoms with Crippen molar-refractivity contribution in [2.24, 2.45) is 0 Å². The molecule has 1 aromatic rings. The van der Waals surface area contributed by atoms with Crippen LogP contribution in [0.3, 0.4) is 0 Å². The van der Waals surface area contributed by atoms with E-state index in [0.717, 1.165) is 12.8 Å². The van der Waals surface area contributed by atoms with Crippen LogP contribution in [-0.2, 0) is 10.0 Å². The van der Waals surface area contributed by atoms with Gasteiger partial charge in [-0.3, -0.25) is 0 Å². The molecule has 1 fully saturated rings. The third-order valence-electron chi connectivity index (χ3n) is 3.29. The number of nitrogens with zero attached hydrogens (tertiary/aromatic N) is 1. The predicted octanol–water partition coefficient (Wildman–Crippen LogP) is 2.24. The molecule has 0 saturated heterocycles. The van der Waals surface area contributed by atoms with Crippen molar-refractivity contribution in [3.8, 4) is 0 Å². The minimum Gasteiger partial charge on any atom is -0.478 e. The van der Waals surface area contributed by atoms with Gasteiger partial charge in [0, 0.05) is 17.6 Å². The minimum absolute atomic E-state index is 0.00264. The topological polar surface area (TPSA) is 74.7 Å². The average Bonchev–Trinajstić information content (AvgIpc) is 3.14. The Morgan fingerprint density at radius 1 is 1.42 bits per heavy atom. The van der Waals surface area contributed by atoms with E-state index in [1.165, 1.54) is 23.5 Å². The van der Waals surface area contributed by atoms with Gasteiger partial charge < -0.3 is 5.11 Å². The monoisotopic (exact) mass is 347 g/mol. The van der Waals surface area contributed by atoms with Gasteiger partial charge in [-0.25, -0.2) is 13.2 Å². The van der Waals surface area contributed by atoms with Gasteiger partial charge in [-0.15, -0.1) is 0 Å². The standard InChI is InChI=1S/C12H14BrNO4S/c1-7-10(12(15)16)5-9(6-11(7)13)19(17,18)14(2)8-3-4-8/h5-6,8H,3-4H2,1-2H3,(H,15,16). The van der Waals surface area contributed by atoms with E-state index >= 15 is 0 Å². The molecule has 5 nitrogen and oxygen atoms in total. The Morgan fingerprint density at radius 3 is 2.47 bits per heavy atom.